The summed E-state index contributed by atoms with van der Waals surface area (Å²) in [5, 5.41) is 42.9. The van der Waals surface area contributed by atoms with Crippen LogP contribution in [0.25, 0.3) is 0 Å². The van der Waals surface area contributed by atoms with E-state index in [2.05, 4.69) is 10.6 Å². The molecule has 8 nitrogen and oxygen atoms in total. The molecule has 0 aromatic heterocycles. The van der Waals surface area contributed by atoms with Crippen LogP contribution in [0.15, 0.2) is 36.4 Å². The van der Waals surface area contributed by atoms with E-state index >= 15 is 0 Å². The Labute approximate surface area is 144 Å². The highest BCUT2D eigenvalue weighted by molar-refractivity contribution is 6.37. The molecule has 25 heavy (non-hydrogen) atoms. The van der Waals surface area contributed by atoms with Gasteiger partial charge in [-0.1, -0.05) is 12.1 Å². The zero-order chi connectivity index (χ0) is 18.4. The molecule has 2 aromatic carbocycles. The monoisotopic (exact) mass is 343 g/mol. The van der Waals surface area contributed by atoms with Crippen LogP contribution >= 0.6 is 0 Å². The molecule has 129 valence electrons. The summed E-state index contributed by atoms with van der Waals surface area (Å²) in [4.78, 5) is 23.7. The molecule has 0 aliphatic carbocycles. The van der Waals surface area contributed by atoms with Crippen LogP contribution in [0.3, 0.4) is 0 Å². The Hall–Kier alpha value is -3.36. The van der Waals surface area contributed by atoms with Gasteiger partial charge in [-0.3, -0.25) is 9.59 Å². The quantitative estimate of drug-likeness (QED) is 0.253. The van der Waals surface area contributed by atoms with E-state index in [0.717, 1.165) is 0 Å². The molecule has 0 aliphatic rings. The van der Waals surface area contributed by atoms with Gasteiger partial charge < -0.3 is 31.1 Å². The summed E-state index contributed by atoms with van der Waals surface area (Å²) in [7, 11) is 1.55. The first-order chi connectivity index (χ1) is 11.9. The van der Waals surface area contributed by atoms with Crippen LogP contribution < -0.4 is 10.6 Å². The Kier molecular flexibility index (Phi) is 5.73. The van der Waals surface area contributed by atoms with Crippen molar-refractivity contribution in [2.24, 2.45) is 0 Å². The predicted molar refractivity (Wildman–Crippen MR) is 90.0 cm³/mol. The Morgan fingerprint density at radius 1 is 0.760 bits per heavy atom. The molecule has 0 saturated heterocycles. The molecule has 9 heteroatoms. The zero-order valence-electron chi connectivity index (χ0n) is 13.1. The average Bonchev–Trinajstić information content (AvgIpc) is 2.59. The number of aromatic hydroxyl groups is 4. The number of hydrogen-bond acceptors (Lipinski definition) is 6. The summed E-state index contributed by atoms with van der Waals surface area (Å²) in [6, 6.07) is 8.08. The number of nitrogens with one attached hydrogen (secondary N) is 2. The van der Waals surface area contributed by atoms with Crippen LogP contribution in [0.2, 0.25) is 0 Å². The van der Waals surface area contributed by atoms with Crippen molar-refractivity contribution in [3.05, 3.63) is 47.5 Å². The molecule has 0 heterocycles. The van der Waals surface area contributed by atoms with Gasteiger partial charge in [0.05, 0.1) is 11.1 Å². The average molecular weight is 343 g/mol. The first-order valence-corrected chi connectivity index (χ1v) is 7.31. The van der Waals surface area contributed by atoms with E-state index in [1.165, 1.54) is 36.4 Å². The zero-order valence-corrected chi connectivity index (χ0v) is 13.1. The minimum Gasteiger partial charge on any atom is -0.504 e. The lowest BCUT2D eigenvalue weighted by Gasteiger charge is -2.09. The van der Waals surface area contributed by atoms with Gasteiger partial charge >= 0.3 is 0 Å². The van der Waals surface area contributed by atoms with E-state index in [-0.39, 0.29) is 24.0 Å². The summed E-state index contributed by atoms with van der Waals surface area (Å²) in [6.07, 6.45) is 0.195. The SMILES string of the molecule is O=C(NC[B]CNC(=O)c1cccc(O)c1O)c1cccc(O)c1O. The van der Waals surface area contributed by atoms with E-state index in [4.69, 9.17) is 0 Å². The normalized spacial score (nSPS) is 10.1. The number of phenolic OH excluding ortho intramolecular Hbond substituents is 4. The molecule has 6 N–H and O–H groups in total. The topological polar surface area (TPSA) is 139 Å². The van der Waals surface area contributed by atoms with Gasteiger partial charge in [0.2, 0.25) is 0 Å². The Bertz CT molecular complexity index is 731. The largest absolute Gasteiger partial charge is 0.504 e. The fraction of sp³-hybridized carbons (Fsp3) is 0.125. The van der Waals surface area contributed by atoms with Gasteiger partial charge in [0.25, 0.3) is 11.8 Å². The molecule has 0 atom stereocenters. The Morgan fingerprint density at radius 2 is 1.16 bits per heavy atom. The molecule has 0 saturated carbocycles. The third-order valence-electron chi connectivity index (χ3n) is 3.33. The number of rotatable bonds is 6. The summed E-state index contributed by atoms with van der Waals surface area (Å²) in [6.45, 7) is 0. The van der Waals surface area contributed by atoms with Crippen molar-refractivity contribution in [3.63, 3.8) is 0 Å². The van der Waals surface area contributed by atoms with E-state index < -0.39 is 34.8 Å². The first kappa shape index (κ1) is 18.0. The highest BCUT2D eigenvalue weighted by Crippen LogP contribution is 2.28. The van der Waals surface area contributed by atoms with Crippen LogP contribution in [0.5, 0.6) is 23.0 Å². The van der Waals surface area contributed by atoms with Crippen molar-refractivity contribution in [2.45, 2.75) is 0 Å². The molecule has 0 spiro atoms. The molecular weight excluding hydrogens is 327 g/mol. The number of para-hydroxylation sites is 2. The Balaban J connectivity index is 1.78. The Morgan fingerprint density at radius 3 is 1.56 bits per heavy atom. The maximum Gasteiger partial charge on any atom is 0.254 e. The van der Waals surface area contributed by atoms with Crippen molar-refractivity contribution in [1.82, 2.24) is 10.6 Å². The van der Waals surface area contributed by atoms with Gasteiger partial charge in [-0.05, 0) is 37.2 Å². The van der Waals surface area contributed by atoms with Crippen molar-refractivity contribution in [3.8, 4) is 23.0 Å². The summed E-state index contributed by atoms with van der Waals surface area (Å²) in [5.74, 6) is -2.96. The highest BCUT2D eigenvalue weighted by atomic mass is 16.3. The van der Waals surface area contributed by atoms with Crippen LogP contribution in [0, 0.1) is 0 Å². The molecule has 2 rings (SSSR count). The molecule has 0 bridgehead atoms. The third-order valence-corrected chi connectivity index (χ3v) is 3.33. The molecule has 2 amide bonds. The smallest absolute Gasteiger partial charge is 0.254 e. The highest BCUT2D eigenvalue weighted by Gasteiger charge is 2.15. The summed E-state index contributed by atoms with van der Waals surface area (Å²) in [5.41, 5.74) is -0.135. The summed E-state index contributed by atoms with van der Waals surface area (Å²) >= 11 is 0. The lowest BCUT2D eigenvalue weighted by atomic mass is 9.78. The molecule has 0 fully saturated rings. The predicted octanol–water partition coefficient (Wildman–Crippen LogP) is 0.288. The van der Waals surface area contributed by atoms with Crippen LogP contribution in [-0.2, 0) is 0 Å². The molecule has 1 radical (unpaired) electrons. The minimum absolute atomic E-state index is 0.0675. The van der Waals surface area contributed by atoms with Crippen molar-refractivity contribution in [2.75, 3.05) is 12.9 Å². The number of amides is 2. The number of hydrogen-bond donors (Lipinski definition) is 6. The second-order valence-corrected chi connectivity index (χ2v) is 5.06. The number of benzene rings is 2. The van der Waals surface area contributed by atoms with Gasteiger partial charge in [0.15, 0.2) is 30.3 Å². The number of carbonyl (C=O) groups excluding carboxylic acids is 2. The van der Waals surface area contributed by atoms with Gasteiger partial charge in [-0.2, -0.15) is 0 Å². The van der Waals surface area contributed by atoms with Crippen LogP contribution in [0.1, 0.15) is 20.7 Å². The fourth-order valence-corrected chi connectivity index (χ4v) is 2.02. The minimum atomic E-state index is -0.582. The maximum absolute atomic E-state index is 11.9. The van der Waals surface area contributed by atoms with Crippen LogP contribution in [0.4, 0.5) is 0 Å². The molecular formula is C16H16BN2O6. The van der Waals surface area contributed by atoms with Gasteiger partial charge in [-0.25, -0.2) is 0 Å². The second kappa shape index (κ2) is 7.96. The molecule has 0 aliphatic heterocycles. The lowest BCUT2D eigenvalue weighted by molar-refractivity contribution is 0.0951. The molecule has 2 aromatic rings. The molecule has 0 unspecified atom stereocenters. The van der Waals surface area contributed by atoms with Gasteiger partial charge in [0, 0.05) is 0 Å². The van der Waals surface area contributed by atoms with E-state index in [0.29, 0.717) is 0 Å². The summed E-state index contributed by atoms with van der Waals surface area (Å²) < 4.78 is 0. The second-order valence-electron chi connectivity index (χ2n) is 5.06. The number of phenols is 4. The van der Waals surface area contributed by atoms with E-state index in [1.54, 1.807) is 7.28 Å². The first-order valence-electron chi connectivity index (χ1n) is 7.31. The maximum atomic E-state index is 11.9. The lowest BCUT2D eigenvalue weighted by Crippen LogP contribution is -2.35. The van der Waals surface area contributed by atoms with Crippen LogP contribution in [-0.4, -0.2) is 52.4 Å². The third kappa shape index (κ3) is 4.34. The van der Waals surface area contributed by atoms with Crippen molar-refractivity contribution in [1.29, 1.82) is 0 Å². The standard InChI is InChI=1S/C16H16BN2O6/c20-11-5-1-3-9(13(11)22)15(24)18-7-17-8-19-16(25)10-4-2-6-12(21)14(10)23/h1-6,20-23H,7-8H2,(H,18,24)(H,19,25). The van der Waals surface area contributed by atoms with Gasteiger partial charge in [-0.15, -0.1) is 0 Å². The fourth-order valence-electron chi connectivity index (χ4n) is 2.02. The van der Waals surface area contributed by atoms with E-state index in [1.807, 2.05) is 0 Å². The van der Waals surface area contributed by atoms with E-state index in [9.17, 15) is 30.0 Å². The van der Waals surface area contributed by atoms with Crippen molar-refractivity contribution < 1.29 is 30.0 Å². The van der Waals surface area contributed by atoms with Gasteiger partial charge in [0.1, 0.15) is 0 Å². The number of carbonyl (C=O) groups is 2. The van der Waals surface area contributed by atoms with Crippen molar-refractivity contribution >= 4 is 19.1 Å².